The molecule has 1 aliphatic rings. The highest BCUT2D eigenvalue weighted by Crippen LogP contribution is 2.21. The molecule has 1 aliphatic heterocycles. The molecule has 0 amide bonds. The normalized spacial score (nSPS) is 20.7. The average molecular weight is 246 g/mol. The van der Waals surface area contributed by atoms with Crippen LogP contribution in [0.2, 0.25) is 0 Å². The second-order valence-electron chi connectivity index (χ2n) is 4.86. The van der Waals surface area contributed by atoms with Crippen molar-refractivity contribution in [1.82, 2.24) is 19.5 Å². The van der Waals surface area contributed by atoms with E-state index in [-0.39, 0.29) is 0 Å². The maximum atomic E-state index is 5.39. The lowest BCUT2D eigenvalue weighted by Gasteiger charge is -2.18. The Bertz CT molecular complexity index is 551. The highest BCUT2D eigenvalue weighted by Gasteiger charge is 2.23. The number of likely N-dealkylation sites (N-methyl/N-ethyl adjacent to an activating group) is 1. The van der Waals surface area contributed by atoms with Crippen LogP contribution in [-0.2, 0) is 6.42 Å². The van der Waals surface area contributed by atoms with Gasteiger partial charge in [-0.2, -0.15) is 0 Å². The number of ether oxygens (including phenoxy) is 1. The van der Waals surface area contributed by atoms with Gasteiger partial charge in [-0.15, -0.1) is 10.2 Å². The number of nitrogens with zero attached hydrogens (tertiary/aromatic N) is 4. The Kier molecular flexibility index (Phi) is 2.91. The van der Waals surface area contributed by atoms with Crippen LogP contribution in [0.4, 0.5) is 0 Å². The smallest absolute Gasteiger partial charge is 0.200 e. The molecule has 18 heavy (non-hydrogen) atoms. The fourth-order valence-corrected chi connectivity index (χ4v) is 2.71. The van der Waals surface area contributed by atoms with Gasteiger partial charge in [0.2, 0.25) is 5.88 Å². The van der Waals surface area contributed by atoms with E-state index < -0.39 is 0 Å². The molecular formula is C13H18N4O. The van der Waals surface area contributed by atoms with Crippen molar-refractivity contribution in [3.05, 3.63) is 24.0 Å². The second kappa shape index (κ2) is 4.57. The minimum Gasteiger partial charge on any atom is -0.482 e. The van der Waals surface area contributed by atoms with E-state index in [1.54, 1.807) is 7.11 Å². The third-order valence-corrected chi connectivity index (χ3v) is 3.76. The van der Waals surface area contributed by atoms with Gasteiger partial charge >= 0.3 is 0 Å². The van der Waals surface area contributed by atoms with Crippen molar-refractivity contribution in [2.24, 2.45) is 0 Å². The van der Waals surface area contributed by atoms with Crippen LogP contribution >= 0.6 is 0 Å². The summed E-state index contributed by atoms with van der Waals surface area (Å²) in [4.78, 5) is 2.40. The largest absolute Gasteiger partial charge is 0.482 e. The molecule has 0 radical (unpaired) electrons. The molecule has 2 aromatic rings. The Morgan fingerprint density at radius 2 is 2.28 bits per heavy atom. The first-order valence-corrected chi connectivity index (χ1v) is 6.37. The summed E-state index contributed by atoms with van der Waals surface area (Å²) in [5, 5.41) is 8.52. The number of hydrogen-bond donors (Lipinski definition) is 0. The molecule has 0 aromatic carbocycles. The summed E-state index contributed by atoms with van der Waals surface area (Å²) in [7, 11) is 3.86. The molecule has 2 aromatic heterocycles. The summed E-state index contributed by atoms with van der Waals surface area (Å²) in [6.45, 7) is 1.18. The van der Waals surface area contributed by atoms with Gasteiger partial charge in [-0.1, -0.05) is 6.07 Å². The summed E-state index contributed by atoms with van der Waals surface area (Å²) in [6.07, 6.45) is 3.44. The van der Waals surface area contributed by atoms with Crippen LogP contribution in [0.15, 0.2) is 18.2 Å². The molecular weight excluding hydrogens is 228 g/mol. The summed E-state index contributed by atoms with van der Waals surface area (Å²) in [5.41, 5.74) is 0.852. The maximum Gasteiger partial charge on any atom is 0.200 e. The Balaban J connectivity index is 1.96. The molecule has 1 fully saturated rings. The Hall–Kier alpha value is -1.62. The quantitative estimate of drug-likeness (QED) is 0.820. The number of pyridine rings is 1. The van der Waals surface area contributed by atoms with E-state index >= 15 is 0 Å². The van der Waals surface area contributed by atoms with Crippen molar-refractivity contribution in [2.45, 2.75) is 25.3 Å². The lowest BCUT2D eigenvalue weighted by Crippen LogP contribution is -2.27. The van der Waals surface area contributed by atoms with Gasteiger partial charge in [0.1, 0.15) is 5.82 Å². The van der Waals surface area contributed by atoms with Gasteiger partial charge in [-0.05, 0) is 38.6 Å². The third kappa shape index (κ3) is 1.84. The maximum absolute atomic E-state index is 5.39. The van der Waals surface area contributed by atoms with Crippen LogP contribution in [0.1, 0.15) is 18.7 Å². The predicted molar refractivity (Wildman–Crippen MR) is 68.9 cm³/mol. The van der Waals surface area contributed by atoms with E-state index in [9.17, 15) is 0 Å². The van der Waals surface area contributed by atoms with E-state index in [1.165, 1.54) is 19.4 Å². The summed E-state index contributed by atoms with van der Waals surface area (Å²) >= 11 is 0. The van der Waals surface area contributed by atoms with Gasteiger partial charge in [0.25, 0.3) is 0 Å². The van der Waals surface area contributed by atoms with E-state index in [0.717, 1.165) is 23.8 Å². The molecule has 0 spiro atoms. The minimum absolute atomic E-state index is 0.572. The molecule has 0 bridgehead atoms. The average Bonchev–Trinajstić information content (AvgIpc) is 2.97. The van der Waals surface area contributed by atoms with E-state index in [2.05, 4.69) is 22.1 Å². The Labute approximate surface area is 106 Å². The van der Waals surface area contributed by atoms with Crippen molar-refractivity contribution in [3.8, 4) is 5.88 Å². The van der Waals surface area contributed by atoms with Gasteiger partial charge in [-0.25, -0.2) is 4.40 Å². The summed E-state index contributed by atoms with van der Waals surface area (Å²) < 4.78 is 7.39. The molecule has 96 valence electrons. The zero-order valence-corrected chi connectivity index (χ0v) is 10.8. The molecule has 0 N–H and O–H groups in total. The van der Waals surface area contributed by atoms with Crippen LogP contribution in [0, 0.1) is 0 Å². The SMILES string of the molecule is COc1cccc2nnc(CC3CCCN3C)n12. The van der Waals surface area contributed by atoms with Gasteiger partial charge in [-0.3, -0.25) is 0 Å². The van der Waals surface area contributed by atoms with E-state index in [0.29, 0.717) is 6.04 Å². The van der Waals surface area contributed by atoms with E-state index in [1.807, 2.05) is 22.6 Å². The Morgan fingerprint density at radius 1 is 1.39 bits per heavy atom. The molecule has 0 aliphatic carbocycles. The van der Waals surface area contributed by atoms with Crippen LogP contribution in [0.5, 0.6) is 5.88 Å². The molecule has 1 saturated heterocycles. The zero-order chi connectivity index (χ0) is 12.5. The lowest BCUT2D eigenvalue weighted by molar-refractivity contribution is 0.303. The van der Waals surface area contributed by atoms with Gasteiger partial charge in [0, 0.05) is 12.5 Å². The fraction of sp³-hybridized carbons (Fsp3) is 0.538. The van der Waals surface area contributed by atoms with Crippen LogP contribution in [-0.4, -0.2) is 46.2 Å². The van der Waals surface area contributed by atoms with Crippen LogP contribution in [0.3, 0.4) is 0 Å². The molecule has 1 unspecified atom stereocenters. The third-order valence-electron chi connectivity index (χ3n) is 3.76. The first-order chi connectivity index (χ1) is 8.79. The van der Waals surface area contributed by atoms with Crippen molar-refractivity contribution < 1.29 is 4.74 Å². The lowest BCUT2D eigenvalue weighted by atomic mass is 10.1. The van der Waals surface area contributed by atoms with Gasteiger partial charge in [0.05, 0.1) is 7.11 Å². The highest BCUT2D eigenvalue weighted by molar-refractivity contribution is 5.42. The molecule has 5 nitrogen and oxygen atoms in total. The number of hydrogen-bond acceptors (Lipinski definition) is 4. The first-order valence-electron chi connectivity index (χ1n) is 6.37. The predicted octanol–water partition coefficient (Wildman–Crippen LogP) is 1.37. The zero-order valence-electron chi connectivity index (χ0n) is 10.8. The molecule has 0 saturated carbocycles. The topological polar surface area (TPSA) is 42.7 Å². The fourth-order valence-electron chi connectivity index (χ4n) is 2.71. The van der Waals surface area contributed by atoms with Gasteiger partial charge < -0.3 is 9.64 Å². The van der Waals surface area contributed by atoms with E-state index in [4.69, 9.17) is 4.74 Å². The van der Waals surface area contributed by atoms with Crippen LogP contribution < -0.4 is 4.74 Å². The van der Waals surface area contributed by atoms with Crippen molar-refractivity contribution >= 4 is 5.65 Å². The molecule has 1 atom stereocenters. The molecule has 3 rings (SSSR count). The van der Waals surface area contributed by atoms with Crippen molar-refractivity contribution in [3.63, 3.8) is 0 Å². The highest BCUT2D eigenvalue weighted by atomic mass is 16.5. The van der Waals surface area contributed by atoms with Crippen molar-refractivity contribution in [1.29, 1.82) is 0 Å². The number of fused-ring (bicyclic) bond motifs is 1. The molecule has 5 heteroatoms. The van der Waals surface area contributed by atoms with Crippen molar-refractivity contribution in [2.75, 3.05) is 20.7 Å². The number of methoxy groups -OCH3 is 1. The number of aromatic nitrogens is 3. The minimum atomic E-state index is 0.572. The monoisotopic (exact) mass is 246 g/mol. The summed E-state index contributed by atoms with van der Waals surface area (Å²) in [6, 6.07) is 6.41. The Morgan fingerprint density at radius 3 is 3.00 bits per heavy atom. The first kappa shape index (κ1) is 11.5. The second-order valence-corrected chi connectivity index (χ2v) is 4.86. The standard InChI is InChI=1S/C13H18N4O/c1-16-8-4-5-10(16)9-12-15-14-11-6-3-7-13(18-2)17(11)12/h3,6-7,10H,4-5,8-9H2,1-2H3. The van der Waals surface area contributed by atoms with Gasteiger partial charge in [0.15, 0.2) is 5.65 Å². The van der Waals surface area contributed by atoms with Crippen LogP contribution in [0.25, 0.3) is 5.65 Å². The molecule has 3 heterocycles. The number of rotatable bonds is 3. The number of likely N-dealkylation sites (tertiary alicyclic amines) is 1. The summed E-state index contributed by atoms with van der Waals surface area (Å²) in [5.74, 6) is 1.79.